The van der Waals surface area contributed by atoms with E-state index in [4.69, 9.17) is 16.3 Å². The number of ether oxygens (including phenoxy) is 1. The first-order chi connectivity index (χ1) is 20.7. The minimum Gasteiger partial charge on any atom is -0.495 e. The number of rotatable bonds is 6. The van der Waals surface area contributed by atoms with Crippen molar-refractivity contribution in [2.45, 2.75) is 18.9 Å². The maximum Gasteiger partial charge on any atom is 0.261 e. The highest BCUT2D eigenvalue weighted by Crippen LogP contribution is 2.39. The zero-order valence-corrected chi connectivity index (χ0v) is 23.8. The van der Waals surface area contributed by atoms with Gasteiger partial charge in [-0.15, -0.1) is 0 Å². The van der Waals surface area contributed by atoms with Crippen molar-refractivity contribution >= 4 is 40.5 Å². The fourth-order valence-electron chi connectivity index (χ4n) is 5.99. The van der Waals surface area contributed by atoms with E-state index in [9.17, 15) is 23.2 Å². The lowest BCUT2D eigenvalue weighted by Crippen LogP contribution is -2.47. The number of amides is 2. The number of aromatic nitrogens is 1. The number of hydrogen-bond donors (Lipinski definition) is 2. The van der Waals surface area contributed by atoms with Crippen LogP contribution in [0, 0.1) is 17.6 Å². The number of benzene rings is 3. The van der Waals surface area contributed by atoms with Crippen molar-refractivity contribution in [3.05, 3.63) is 117 Å². The summed E-state index contributed by atoms with van der Waals surface area (Å²) in [4.78, 5) is 41.0. The number of carbonyl (C=O) groups excluding carboxylic acids is 2. The lowest BCUT2D eigenvalue weighted by molar-refractivity contribution is 0.101. The van der Waals surface area contributed by atoms with E-state index in [0.717, 1.165) is 24.2 Å². The molecule has 2 aliphatic rings. The maximum atomic E-state index is 14.5. The first-order valence-corrected chi connectivity index (χ1v) is 14.1. The molecule has 2 amide bonds. The number of methoxy groups -OCH3 is 1. The zero-order valence-electron chi connectivity index (χ0n) is 23.1. The molecule has 0 saturated carbocycles. The van der Waals surface area contributed by atoms with Crippen LogP contribution in [0.5, 0.6) is 5.75 Å². The van der Waals surface area contributed by atoms with Crippen LogP contribution >= 0.6 is 11.6 Å². The van der Waals surface area contributed by atoms with Crippen molar-refractivity contribution in [2.24, 2.45) is 5.92 Å². The molecule has 2 N–H and O–H groups in total. The molecule has 0 spiro atoms. The summed E-state index contributed by atoms with van der Waals surface area (Å²) < 4.78 is 36.0. The Hall–Kier alpha value is -4.70. The Morgan fingerprint density at radius 1 is 0.907 bits per heavy atom. The predicted molar refractivity (Wildman–Crippen MR) is 160 cm³/mol. The van der Waals surface area contributed by atoms with E-state index in [1.54, 1.807) is 42.5 Å². The highest BCUT2D eigenvalue weighted by Gasteiger charge is 2.35. The largest absolute Gasteiger partial charge is 0.495 e. The number of carbonyl (C=O) groups is 2. The minimum absolute atomic E-state index is 0.0333. The Balaban J connectivity index is 1.34. The van der Waals surface area contributed by atoms with Crippen molar-refractivity contribution in [3.8, 4) is 5.75 Å². The second-order valence-electron chi connectivity index (χ2n) is 10.7. The summed E-state index contributed by atoms with van der Waals surface area (Å²) in [6.45, 7) is 1.70. The highest BCUT2D eigenvalue weighted by molar-refractivity contribution is 6.32. The van der Waals surface area contributed by atoms with E-state index in [0.29, 0.717) is 41.8 Å². The smallest absolute Gasteiger partial charge is 0.261 e. The molecule has 6 rings (SSSR count). The highest BCUT2D eigenvalue weighted by atomic mass is 35.5. The molecule has 2 unspecified atom stereocenters. The zero-order chi connectivity index (χ0) is 30.2. The fourth-order valence-corrected chi connectivity index (χ4v) is 6.25. The maximum absolute atomic E-state index is 14.5. The Labute approximate surface area is 250 Å². The monoisotopic (exact) mass is 604 g/mol. The van der Waals surface area contributed by atoms with E-state index in [2.05, 4.69) is 15.5 Å². The molecule has 2 aliphatic heterocycles. The summed E-state index contributed by atoms with van der Waals surface area (Å²) in [7, 11) is 1.48. The van der Waals surface area contributed by atoms with Crippen LogP contribution in [0.15, 0.2) is 77.6 Å². The van der Waals surface area contributed by atoms with Gasteiger partial charge in [0, 0.05) is 48.6 Å². The number of anilines is 3. The van der Waals surface area contributed by atoms with Crippen molar-refractivity contribution in [1.82, 2.24) is 4.57 Å². The molecule has 0 radical (unpaired) electrons. The summed E-state index contributed by atoms with van der Waals surface area (Å²) >= 11 is 6.20. The van der Waals surface area contributed by atoms with Crippen LogP contribution < -0.4 is 25.8 Å². The van der Waals surface area contributed by atoms with Crippen molar-refractivity contribution in [1.29, 1.82) is 0 Å². The van der Waals surface area contributed by atoms with Gasteiger partial charge in [0.15, 0.2) is 0 Å². The van der Waals surface area contributed by atoms with Crippen LogP contribution in [0.25, 0.3) is 0 Å². The molecule has 1 fully saturated rings. The molecule has 2 atom stereocenters. The number of pyridine rings is 1. The van der Waals surface area contributed by atoms with Crippen LogP contribution in [0.3, 0.4) is 0 Å². The third kappa shape index (κ3) is 5.58. The molecule has 1 aromatic heterocycles. The third-order valence-electron chi connectivity index (χ3n) is 7.93. The molecule has 3 heterocycles. The van der Waals surface area contributed by atoms with Crippen LogP contribution in [0.1, 0.15) is 38.7 Å². The van der Waals surface area contributed by atoms with E-state index in [-0.39, 0.29) is 28.6 Å². The fraction of sp³-hybridized carbons (Fsp3) is 0.219. The van der Waals surface area contributed by atoms with E-state index < -0.39 is 29.0 Å². The van der Waals surface area contributed by atoms with Crippen LogP contribution in [0.4, 0.5) is 25.8 Å². The van der Waals surface area contributed by atoms with Gasteiger partial charge in [0.25, 0.3) is 17.4 Å². The van der Waals surface area contributed by atoms with E-state index in [1.807, 2.05) is 10.6 Å². The van der Waals surface area contributed by atoms with E-state index >= 15 is 0 Å². The second kappa shape index (κ2) is 11.5. The topological polar surface area (TPSA) is 92.7 Å². The average molecular weight is 605 g/mol. The molecule has 11 heteroatoms. The first kappa shape index (κ1) is 28.4. The van der Waals surface area contributed by atoms with Gasteiger partial charge in [-0.05, 0) is 66.9 Å². The van der Waals surface area contributed by atoms with Gasteiger partial charge in [0.2, 0.25) is 0 Å². The van der Waals surface area contributed by atoms with Crippen molar-refractivity contribution in [2.75, 3.05) is 35.7 Å². The SMILES string of the molecule is COc1ccc(NC(=O)c2ccc(N3CC4CC(C3)c3cccc(=O)n3C4)c(NC(=O)c3c(F)cccc3F)c2)cc1Cl. The van der Waals surface area contributed by atoms with Crippen molar-refractivity contribution < 1.29 is 23.1 Å². The third-order valence-corrected chi connectivity index (χ3v) is 8.22. The Kier molecular flexibility index (Phi) is 7.62. The Bertz CT molecular complexity index is 1790. The summed E-state index contributed by atoms with van der Waals surface area (Å²) in [5.74, 6) is -2.78. The van der Waals surface area contributed by atoms with Crippen LogP contribution in [-0.4, -0.2) is 36.6 Å². The number of hydrogen-bond acceptors (Lipinski definition) is 5. The summed E-state index contributed by atoms with van der Waals surface area (Å²) in [5.41, 5.74) is 1.63. The first-order valence-electron chi connectivity index (χ1n) is 13.7. The van der Waals surface area contributed by atoms with Gasteiger partial charge >= 0.3 is 0 Å². The molecule has 3 aromatic carbocycles. The van der Waals surface area contributed by atoms with Gasteiger partial charge in [-0.2, -0.15) is 0 Å². The molecule has 220 valence electrons. The standard InChI is InChI=1S/C32H27ClF2N4O4/c1-43-28-11-9-21(14-22(28)33)36-31(41)19-8-10-27(25(13-19)37-32(42)30-23(34)4-2-5-24(30)35)38-15-18-12-20(17-38)26-6-3-7-29(40)39(26)16-18/h2-11,13-14,18,20H,12,15-17H2,1H3,(H,36,41)(H,37,42). The van der Waals surface area contributed by atoms with Gasteiger partial charge in [-0.25, -0.2) is 8.78 Å². The number of nitrogens with one attached hydrogen (secondary N) is 2. The molecule has 4 aromatic rings. The molecule has 0 aliphatic carbocycles. The molecule has 8 nitrogen and oxygen atoms in total. The molecular formula is C32H27ClF2N4O4. The van der Waals surface area contributed by atoms with Crippen LogP contribution in [0.2, 0.25) is 5.02 Å². The lowest BCUT2D eigenvalue weighted by atomic mass is 9.83. The Morgan fingerprint density at radius 2 is 1.67 bits per heavy atom. The van der Waals surface area contributed by atoms with Crippen molar-refractivity contribution in [3.63, 3.8) is 0 Å². The Morgan fingerprint density at radius 3 is 2.42 bits per heavy atom. The predicted octanol–water partition coefficient (Wildman–Crippen LogP) is 5.92. The van der Waals surface area contributed by atoms with Gasteiger partial charge < -0.3 is 24.8 Å². The van der Waals surface area contributed by atoms with Crippen LogP contribution in [-0.2, 0) is 6.54 Å². The average Bonchev–Trinajstić information content (AvgIpc) is 2.97. The quantitative estimate of drug-likeness (QED) is 0.285. The molecular weight excluding hydrogens is 578 g/mol. The second-order valence-corrected chi connectivity index (χ2v) is 11.1. The van der Waals surface area contributed by atoms with Gasteiger partial charge in [-0.1, -0.05) is 23.7 Å². The van der Waals surface area contributed by atoms with Gasteiger partial charge in [-0.3, -0.25) is 14.4 Å². The number of piperidine rings is 1. The summed E-state index contributed by atoms with van der Waals surface area (Å²) in [5, 5.41) is 5.74. The molecule has 1 saturated heterocycles. The molecule has 43 heavy (non-hydrogen) atoms. The normalized spacial score (nSPS) is 17.2. The number of halogens is 3. The summed E-state index contributed by atoms with van der Waals surface area (Å²) in [6.07, 6.45) is 0.910. The number of nitrogens with zero attached hydrogens (tertiary/aromatic N) is 2. The number of fused-ring (bicyclic) bond motifs is 4. The van der Waals surface area contributed by atoms with Gasteiger partial charge in [0.1, 0.15) is 22.9 Å². The lowest BCUT2D eigenvalue weighted by Gasteiger charge is -2.44. The summed E-state index contributed by atoms with van der Waals surface area (Å²) in [6, 6.07) is 18.1. The minimum atomic E-state index is -1.00. The van der Waals surface area contributed by atoms with Gasteiger partial charge in [0.05, 0.1) is 23.5 Å². The molecule has 2 bridgehead atoms. The van der Waals surface area contributed by atoms with E-state index in [1.165, 1.54) is 19.2 Å².